The average molecular weight is 154 g/mol. The molecule has 0 radical (unpaired) electrons. The Morgan fingerprint density at radius 1 is 1.50 bits per heavy atom. The van der Waals surface area contributed by atoms with E-state index in [-0.39, 0.29) is 0 Å². The fourth-order valence-electron chi connectivity index (χ4n) is 0.307. The second kappa shape index (κ2) is 2.16. The zero-order valence-electron chi connectivity index (χ0n) is 4.42. The van der Waals surface area contributed by atoms with Crippen molar-refractivity contribution in [1.82, 2.24) is 10.1 Å². The maximum Gasteiger partial charge on any atom is 0.576 e. The summed E-state index contributed by atoms with van der Waals surface area (Å²) in [5, 5.41) is 2.90. The van der Waals surface area contributed by atoms with Gasteiger partial charge in [-0.05, 0) is 0 Å². The van der Waals surface area contributed by atoms with Gasteiger partial charge in [-0.25, -0.2) is 0 Å². The smallest absolute Gasteiger partial charge is 0.355 e. The third-order valence-corrected chi connectivity index (χ3v) is 0.544. The third-order valence-electron chi connectivity index (χ3n) is 0.544. The van der Waals surface area contributed by atoms with Gasteiger partial charge in [0, 0.05) is 0 Å². The monoisotopic (exact) mass is 154 g/mol. The Morgan fingerprint density at radius 2 is 2.20 bits per heavy atom. The molecule has 10 heavy (non-hydrogen) atoms. The number of hydrogen-bond donors (Lipinski definition) is 0. The summed E-state index contributed by atoms with van der Waals surface area (Å²) in [6.45, 7) is 0. The van der Waals surface area contributed by atoms with E-state index in [0.29, 0.717) is 0 Å². The third kappa shape index (κ3) is 1.92. The molecule has 0 saturated heterocycles. The zero-order chi connectivity index (χ0) is 7.61. The largest absolute Gasteiger partial charge is 0.576 e. The minimum Gasteiger partial charge on any atom is -0.355 e. The highest BCUT2D eigenvalue weighted by Gasteiger charge is 2.33. The quantitative estimate of drug-likeness (QED) is 0.604. The first kappa shape index (κ1) is 6.84. The first-order chi connectivity index (χ1) is 4.58. The van der Waals surface area contributed by atoms with Crippen molar-refractivity contribution < 1.29 is 22.4 Å². The van der Waals surface area contributed by atoms with Gasteiger partial charge in [0.05, 0.1) is 0 Å². The van der Waals surface area contributed by atoms with Crippen LogP contribution in [0.5, 0.6) is 6.08 Å². The molecular formula is C3HF3N2O2. The van der Waals surface area contributed by atoms with Crippen molar-refractivity contribution in [2.75, 3.05) is 0 Å². The Bertz CT molecular complexity index is 194. The highest BCUT2D eigenvalue weighted by atomic mass is 19.4. The molecule has 1 heterocycles. The lowest BCUT2D eigenvalue weighted by atomic mass is 11.2. The van der Waals surface area contributed by atoms with Gasteiger partial charge in [0.25, 0.3) is 0 Å². The lowest BCUT2D eigenvalue weighted by molar-refractivity contribution is -0.283. The van der Waals surface area contributed by atoms with Gasteiger partial charge in [0.2, 0.25) is 0 Å². The minimum absolute atomic E-state index is 0.807. The minimum atomic E-state index is -4.77. The fourth-order valence-corrected chi connectivity index (χ4v) is 0.307. The van der Waals surface area contributed by atoms with Crippen LogP contribution >= 0.6 is 0 Å². The Hall–Kier alpha value is -1.27. The molecule has 0 aromatic carbocycles. The number of aromatic nitrogens is 2. The van der Waals surface area contributed by atoms with Crippen molar-refractivity contribution in [3.63, 3.8) is 0 Å². The molecule has 0 saturated carbocycles. The molecule has 0 aliphatic heterocycles. The van der Waals surface area contributed by atoms with Gasteiger partial charge in [-0.2, -0.15) is 4.98 Å². The number of nitrogens with zero attached hydrogens (tertiary/aromatic N) is 2. The van der Waals surface area contributed by atoms with Crippen molar-refractivity contribution >= 4 is 0 Å². The summed E-state index contributed by atoms with van der Waals surface area (Å²) in [5.74, 6) is 0. The van der Waals surface area contributed by atoms with E-state index in [4.69, 9.17) is 0 Å². The highest BCUT2D eigenvalue weighted by molar-refractivity contribution is 4.78. The predicted octanol–water partition coefficient (Wildman–Crippen LogP) is 0.968. The van der Waals surface area contributed by atoms with Crippen LogP contribution < -0.4 is 4.74 Å². The maximum absolute atomic E-state index is 11.3. The van der Waals surface area contributed by atoms with Crippen LogP contribution in [0.1, 0.15) is 0 Å². The Kier molecular flexibility index (Phi) is 1.48. The van der Waals surface area contributed by atoms with Crippen LogP contribution in [-0.2, 0) is 0 Å². The van der Waals surface area contributed by atoms with E-state index < -0.39 is 12.4 Å². The Balaban J connectivity index is 2.57. The summed E-state index contributed by atoms with van der Waals surface area (Å²) in [6.07, 6.45) is -4.87. The number of alkyl halides is 3. The van der Waals surface area contributed by atoms with Gasteiger partial charge < -0.3 is 4.74 Å². The molecule has 0 N–H and O–H groups in total. The zero-order valence-corrected chi connectivity index (χ0v) is 4.42. The van der Waals surface area contributed by atoms with Gasteiger partial charge in [0.1, 0.15) is 0 Å². The van der Waals surface area contributed by atoms with Crippen LogP contribution in [0.25, 0.3) is 0 Å². The van der Waals surface area contributed by atoms with E-state index in [1.165, 1.54) is 0 Å². The van der Waals surface area contributed by atoms with Crippen LogP contribution in [0.4, 0.5) is 13.2 Å². The number of halogens is 3. The normalized spacial score (nSPS) is 11.5. The molecule has 1 aromatic rings. The van der Waals surface area contributed by atoms with Crippen LogP contribution in [0.3, 0.4) is 0 Å². The molecule has 0 spiro atoms. The Morgan fingerprint density at radius 3 is 2.60 bits per heavy atom. The summed E-state index contributed by atoms with van der Waals surface area (Å²) in [4.78, 5) is 2.98. The van der Waals surface area contributed by atoms with Crippen molar-refractivity contribution in [2.45, 2.75) is 6.36 Å². The van der Waals surface area contributed by atoms with E-state index in [2.05, 4.69) is 19.4 Å². The molecule has 1 aromatic heterocycles. The maximum atomic E-state index is 11.3. The van der Waals surface area contributed by atoms with Gasteiger partial charge in [-0.3, -0.25) is 4.52 Å². The Labute approximate surface area is 52.6 Å². The molecule has 7 heteroatoms. The first-order valence-corrected chi connectivity index (χ1v) is 2.10. The number of rotatable bonds is 1. The SMILES string of the molecule is FC(F)(F)Oc1ncno1. The highest BCUT2D eigenvalue weighted by Crippen LogP contribution is 2.18. The number of ether oxygens (including phenoxy) is 1. The molecule has 4 nitrogen and oxygen atoms in total. The van der Waals surface area contributed by atoms with Gasteiger partial charge >= 0.3 is 12.4 Å². The van der Waals surface area contributed by atoms with E-state index in [0.717, 1.165) is 6.33 Å². The topological polar surface area (TPSA) is 48.2 Å². The fraction of sp³-hybridized carbons (Fsp3) is 0.333. The van der Waals surface area contributed by atoms with Crippen molar-refractivity contribution in [3.8, 4) is 6.08 Å². The van der Waals surface area contributed by atoms with Crippen LogP contribution in [0.15, 0.2) is 10.9 Å². The summed E-state index contributed by atoms with van der Waals surface area (Å²) >= 11 is 0. The molecule has 0 atom stereocenters. The molecule has 0 unspecified atom stereocenters. The second-order valence-electron chi connectivity index (χ2n) is 1.25. The van der Waals surface area contributed by atoms with Crippen molar-refractivity contribution in [2.24, 2.45) is 0 Å². The van der Waals surface area contributed by atoms with Crippen LogP contribution in [-0.4, -0.2) is 16.5 Å². The lowest BCUT2D eigenvalue weighted by Gasteiger charge is -2.01. The summed E-state index contributed by atoms with van der Waals surface area (Å²) < 4.78 is 40.9. The summed E-state index contributed by atoms with van der Waals surface area (Å²) in [6, 6.07) is 0. The molecule has 0 aliphatic carbocycles. The number of hydrogen-bond acceptors (Lipinski definition) is 4. The lowest BCUT2D eigenvalue weighted by Crippen LogP contribution is -2.17. The van der Waals surface area contributed by atoms with E-state index >= 15 is 0 Å². The average Bonchev–Trinajstić information content (AvgIpc) is 2.12. The first-order valence-electron chi connectivity index (χ1n) is 2.10. The molecular weight excluding hydrogens is 153 g/mol. The van der Waals surface area contributed by atoms with Crippen LogP contribution in [0.2, 0.25) is 0 Å². The molecule has 0 bridgehead atoms. The molecule has 0 fully saturated rings. The van der Waals surface area contributed by atoms with E-state index in [1.807, 2.05) is 0 Å². The molecule has 56 valence electrons. The van der Waals surface area contributed by atoms with Gasteiger partial charge in [-0.15, -0.1) is 13.2 Å². The van der Waals surface area contributed by atoms with Gasteiger partial charge in [0.15, 0.2) is 6.33 Å². The summed E-state index contributed by atoms with van der Waals surface area (Å²) in [7, 11) is 0. The van der Waals surface area contributed by atoms with Crippen molar-refractivity contribution in [3.05, 3.63) is 6.33 Å². The van der Waals surface area contributed by atoms with Gasteiger partial charge in [-0.1, -0.05) is 5.16 Å². The van der Waals surface area contributed by atoms with E-state index in [1.54, 1.807) is 0 Å². The molecule has 0 aliphatic rings. The van der Waals surface area contributed by atoms with Crippen LogP contribution in [0, 0.1) is 0 Å². The predicted molar refractivity (Wildman–Crippen MR) is 21.0 cm³/mol. The molecule has 1 rings (SSSR count). The molecule has 0 amide bonds. The van der Waals surface area contributed by atoms with E-state index in [9.17, 15) is 13.2 Å². The standard InChI is InChI=1S/C3HF3N2O2/c4-3(5,6)9-2-7-1-8-10-2/h1H. The summed E-state index contributed by atoms with van der Waals surface area (Å²) in [5.41, 5.74) is 0. The van der Waals surface area contributed by atoms with Crippen molar-refractivity contribution in [1.29, 1.82) is 0 Å². The second-order valence-corrected chi connectivity index (χ2v) is 1.25.